The highest BCUT2D eigenvalue weighted by molar-refractivity contribution is 5.86. The highest BCUT2D eigenvalue weighted by Gasteiger charge is 2.41. The van der Waals surface area contributed by atoms with E-state index in [1.165, 1.54) is 11.0 Å². The Labute approximate surface area is 134 Å². The van der Waals surface area contributed by atoms with Gasteiger partial charge in [-0.2, -0.15) is 0 Å². The lowest BCUT2D eigenvalue weighted by molar-refractivity contribution is -0.157. The number of piperidine rings is 1. The van der Waals surface area contributed by atoms with E-state index < -0.39 is 17.2 Å². The molecule has 2 N–H and O–H groups in total. The third-order valence-corrected chi connectivity index (χ3v) is 3.91. The maximum Gasteiger partial charge on any atom is 0.256 e. The van der Waals surface area contributed by atoms with E-state index in [1.807, 2.05) is 6.92 Å². The normalized spacial score (nSPS) is 21.6. The van der Waals surface area contributed by atoms with Crippen LogP contribution in [0.25, 0.3) is 0 Å². The van der Waals surface area contributed by atoms with Crippen molar-refractivity contribution in [1.82, 2.24) is 10.2 Å². The van der Waals surface area contributed by atoms with Crippen LogP contribution in [0.2, 0.25) is 0 Å². The average Bonchev–Trinajstić information content (AvgIpc) is 2.47. The lowest BCUT2D eigenvalue weighted by Gasteiger charge is -2.38. The van der Waals surface area contributed by atoms with Gasteiger partial charge >= 0.3 is 0 Å². The molecule has 1 atom stereocenters. The minimum Gasteiger partial charge on any atom is -0.379 e. The number of aliphatic hydroxyl groups is 1. The summed E-state index contributed by atoms with van der Waals surface area (Å²) in [4.78, 5) is 14.0. The molecule has 0 radical (unpaired) electrons. The molecule has 0 saturated carbocycles. The van der Waals surface area contributed by atoms with Crippen LogP contribution in [0.3, 0.4) is 0 Å². The van der Waals surface area contributed by atoms with Crippen LogP contribution in [0.1, 0.15) is 25.3 Å². The zero-order valence-corrected chi connectivity index (χ0v) is 13.2. The topological polar surface area (TPSA) is 52.6 Å². The molecular formula is C17H22F2N2O2. The first-order chi connectivity index (χ1) is 10.8. The van der Waals surface area contributed by atoms with Crippen LogP contribution in [-0.4, -0.2) is 41.1 Å². The fourth-order valence-corrected chi connectivity index (χ4v) is 2.72. The number of carbonyl (C=O) groups is 1. The van der Waals surface area contributed by atoms with Crippen molar-refractivity contribution in [3.63, 3.8) is 0 Å². The standard InChI is InChI=1S/C17H22F2N2O2/c1-12(2)9-20-11-17(23)6-3-7-21(16(17)22)10-13-4-5-14(18)15(19)8-13/h4-5,8,20,23H,1,3,6-7,9-11H2,2H3/t17-/m0/s1. The number of carbonyl (C=O) groups excluding carboxylic acids is 1. The largest absolute Gasteiger partial charge is 0.379 e. The van der Waals surface area contributed by atoms with Crippen LogP contribution in [0.5, 0.6) is 0 Å². The average molecular weight is 324 g/mol. The second kappa shape index (κ2) is 7.19. The third kappa shape index (κ3) is 4.36. The summed E-state index contributed by atoms with van der Waals surface area (Å²) in [6, 6.07) is 3.56. The molecule has 0 aliphatic carbocycles. The molecule has 1 aromatic carbocycles. The number of halogens is 2. The molecule has 1 heterocycles. The fraction of sp³-hybridized carbons (Fsp3) is 0.471. The molecular weight excluding hydrogens is 302 g/mol. The van der Waals surface area contributed by atoms with Crippen LogP contribution < -0.4 is 5.32 Å². The van der Waals surface area contributed by atoms with Gasteiger partial charge in [0.2, 0.25) is 0 Å². The predicted octanol–water partition coefficient (Wildman–Crippen LogP) is 1.98. The first-order valence-electron chi connectivity index (χ1n) is 7.62. The Morgan fingerprint density at radius 2 is 2.17 bits per heavy atom. The SMILES string of the molecule is C=C(C)CNC[C@@]1(O)CCCN(Cc2ccc(F)c(F)c2)C1=O. The van der Waals surface area contributed by atoms with Crippen molar-refractivity contribution < 1.29 is 18.7 Å². The number of benzene rings is 1. The van der Waals surface area contributed by atoms with E-state index in [2.05, 4.69) is 11.9 Å². The third-order valence-electron chi connectivity index (χ3n) is 3.91. The number of hydrogen-bond acceptors (Lipinski definition) is 3. The number of likely N-dealkylation sites (tertiary alicyclic amines) is 1. The zero-order chi connectivity index (χ0) is 17.0. The minimum atomic E-state index is -1.47. The van der Waals surface area contributed by atoms with Gasteiger partial charge < -0.3 is 15.3 Å². The van der Waals surface area contributed by atoms with Crippen molar-refractivity contribution in [2.24, 2.45) is 0 Å². The highest BCUT2D eigenvalue weighted by Crippen LogP contribution is 2.24. The summed E-state index contributed by atoms with van der Waals surface area (Å²) in [5, 5.41) is 13.6. The Morgan fingerprint density at radius 1 is 1.43 bits per heavy atom. The van der Waals surface area contributed by atoms with Crippen molar-refractivity contribution in [1.29, 1.82) is 0 Å². The summed E-state index contributed by atoms with van der Waals surface area (Å²) in [5.74, 6) is -2.24. The highest BCUT2D eigenvalue weighted by atomic mass is 19.2. The molecule has 126 valence electrons. The van der Waals surface area contributed by atoms with Gasteiger partial charge in [0.25, 0.3) is 5.91 Å². The molecule has 23 heavy (non-hydrogen) atoms. The van der Waals surface area contributed by atoms with Crippen LogP contribution in [0.4, 0.5) is 8.78 Å². The van der Waals surface area contributed by atoms with Crippen LogP contribution in [0.15, 0.2) is 30.4 Å². The van der Waals surface area contributed by atoms with Gasteiger partial charge in [0, 0.05) is 26.2 Å². The monoisotopic (exact) mass is 324 g/mol. The summed E-state index contributed by atoms with van der Waals surface area (Å²) in [7, 11) is 0. The van der Waals surface area contributed by atoms with E-state index in [1.54, 1.807) is 0 Å². The van der Waals surface area contributed by atoms with Crippen molar-refractivity contribution in [2.45, 2.75) is 31.9 Å². The molecule has 0 bridgehead atoms. The molecule has 1 saturated heterocycles. The Hall–Kier alpha value is -1.79. The first-order valence-corrected chi connectivity index (χ1v) is 7.62. The molecule has 6 heteroatoms. The second-order valence-electron chi connectivity index (χ2n) is 6.17. The van der Waals surface area contributed by atoms with E-state index >= 15 is 0 Å². The van der Waals surface area contributed by atoms with E-state index in [-0.39, 0.29) is 19.0 Å². The van der Waals surface area contributed by atoms with Crippen LogP contribution >= 0.6 is 0 Å². The van der Waals surface area contributed by atoms with Gasteiger partial charge in [0.15, 0.2) is 17.2 Å². The number of hydrogen-bond donors (Lipinski definition) is 2. The molecule has 2 rings (SSSR count). The molecule has 1 aliphatic heterocycles. The lowest BCUT2D eigenvalue weighted by Crippen LogP contribution is -2.57. The fourth-order valence-electron chi connectivity index (χ4n) is 2.72. The Morgan fingerprint density at radius 3 is 2.83 bits per heavy atom. The molecule has 0 spiro atoms. The van der Waals surface area contributed by atoms with E-state index in [9.17, 15) is 18.7 Å². The number of nitrogens with one attached hydrogen (secondary N) is 1. The number of amides is 1. The van der Waals surface area contributed by atoms with E-state index in [4.69, 9.17) is 0 Å². The summed E-state index contributed by atoms with van der Waals surface area (Å²) >= 11 is 0. The smallest absolute Gasteiger partial charge is 0.256 e. The van der Waals surface area contributed by atoms with Gasteiger partial charge in [0.1, 0.15) is 0 Å². The van der Waals surface area contributed by atoms with Crippen molar-refractivity contribution in [3.05, 3.63) is 47.5 Å². The first kappa shape index (κ1) is 17.6. The molecule has 1 aromatic rings. The predicted molar refractivity (Wildman–Crippen MR) is 83.6 cm³/mol. The van der Waals surface area contributed by atoms with Gasteiger partial charge in [-0.3, -0.25) is 4.79 Å². The summed E-state index contributed by atoms with van der Waals surface area (Å²) in [5.41, 5.74) is -0.0568. The molecule has 1 fully saturated rings. The Bertz CT molecular complexity index is 606. The molecule has 1 aliphatic rings. The lowest BCUT2D eigenvalue weighted by atomic mass is 9.91. The maximum atomic E-state index is 13.3. The summed E-state index contributed by atoms with van der Waals surface area (Å²) in [6.45, 7) is 6.93. The Kier molecular flexibility index (Phi) is 5.49. The number of rotatable bonds is 6. The second-order valence-corrected chi connectivity index (χ2v) is 6.17. The van der Waals surface area contributed by atoms with Crippen molar-refractivity contribution in [3.8, 4) is 0 Å². The summed E-state index contributed by atoms with van der Waals surface area (Å²) in [6.07, 6.45) is 1.03. The van der Waals surface area contributed by atoms with Gasteiger partial charge in [-0.25, -0.2) is 8.78 Å². The van der Waals surface area contributed by atoms with E-state index in [0.29, 0.717) is 31.5 Å². The van der Waals surface area contributed by atoms with Crippen molar-refractivity contribution in [2.75, 3.05) is 19.6 Å². The minimum absolute atomic E-state index is 0.146. The molecule has 0 aromatic heterocycles. The van der Waals surface area contributed by atoms with Crippen LogP contribution in [0, 0.1) is 11.6 Å². The molecule has 4 nitrogen and oxygen atoms in total. The summed E-state index contributed by atoms with van der Waals surface area (Å²) < 4.78 is 26.2. The van der Waals surface area contributed by atoms with E-state index in [0.717, 1.165) is 17.7 Å². The van der Waals surface area contributed by atoms with Crippen LogP contribution in [-0.2, 0) is 11.3 Å². The quantitative estimate of drug-likeness (QED) is 0.787. The molecule has 1 amide bonds. The number of nitrogens with zero attached hydrogens (tertiary/aromatic N) is 1. The van der Waals surface area contributed by atoms with Gasteiger partial charge in [-0.15, -0.1) is 0 Å². The van der Waals surface area contributed by atoms with Crippen molar-refractivity contribution >= 4 is 5.91 Å². The zero-order valence-electron chi connectivity index (χ0n) is 13.2. The van der Waals surface area contributed by atoms with Gasteiger partial charge in [0.05, 0.1) is 0 Å². The Balaban J connectivity index is 2.03. The van der Waals surface area contributed by atoms with Gasteiger partial charge in [-0.1, -0.05) is 18.2 Å². The molecule has 0 unspecified atom stereocenters. The van der Waals surface area contributed by atoms with Gasteiger partial charge in [-0.05, 0) is 37.5 Å². The maximum absolute atomic E-state index is 13.3.